The Labute approximate surface area is 181 Å². The van der Waals surface area contributed by atoms with Crippen molar-refractivity contribution in [2.45, 2.75) is 37.6 Å². The second-order valence-electron chi connectivity index (χ2n) is 8.05. The van der Waals surface area contributed by atoms with E-state index in [2.05, 4.69) is 15.4 Å². The predicted molar refractivity (Wildman–Crippen MR) is 123 cm³/mol. The number of nitrogens with one attached hydrogen (secondary N) is 1. The highest BCUT2D eigenvalue weighted by Crippen LogP contribution is 2.41. The zero-order valence-electron chi connectivity index (χ0n) is 17.2. The highest BCUT2D eigenvalue weighted by molar-refractivity contribution is 5.81. The van der Waals surface area contributed by atoms with Gasteiger partial charge in [0.25, 0.3) is 0 Å². The number of hydrogen-bond donors (Lipinski definition) is 3. The fourth-order valence-electron chi connectivity index (χ4n) is 4.33. The molecule has 2 aromatic heterocycles. The first kappa shape index (κ1) is 19.4. The predicted octanol–water partition coefficient (Wildman–Crippen LogP) is 4.83. The van der Waals surface area contributed by atoms with Gasteiger partial charge >= 0.3 is 0 Å². The molecule has 0 amide bonds. The number of imidazole rings is 1. The summed E-state index contributed by atoms with van der Waals surface area (Å²) in [5.41, 5.74) is 16.2. The van der Waals surface area contributed by atoms with Gasteiger partial charge in [0.1, 0.15) is 17.3 Å². The van der Waals surface area contributed by atoms with Crippen LogP contribution in [-0.4, -0.2) is 20.6 Å². The third kappa shape index (κ3) is 4.04. The average molecular weight is 415 g/mol. The van der Waals surface area contributed by atoms with Crippen molar-refractivity contribution in [2.75, 3.05) is 11.1 Å². The normalized spacial score (nSPS) is 18.7. The lowest BCUT2D eigenvalue weighted by atomic mass is 9.81. The summed E-state index contributed by atoms with van der Waals surface area (Å²) in [6.07, 6.45) is 7.52. The molecule has 0 bridgehead atoms. The van der Waals surface area contributed by atoms with Crippen LogP contribution < -0.4 is 21.5 Å². The van der Waals surface area contributed by atoms with Crippen LogP contribution in [0, 0.1) is 0 Å². The van der Waals surface area contributed by atoms with Gasteiger partial charge in [0.05, 0.1) is 5.69 Å². The number of hydrogen-bond acceptors (Lipinski definition) is 6. The largest absolute Gasteiger partial charge is 0.457 e. The van der Waals surface area contributed by atoms with Crippen molar-refractivity contribution in [3.63, 3.8) is 0 Å². The lowest BCUT2D eigenvalue weighted by Gasteiger charge is -2.28. The number of benzene rings is 2. The number of nitrogens with zero attached hydrogens (tertiary/aromatic N) is 3. The van der Waals surface area contributed by atoms with E-state index in [0.29, 0.717) is 11.7 Å². The molecule has 0 aliphatic heterocycles. The lowest BCUT2D eigenvalue weighted by molar-refractivity contribution is 0.396. The number of rotatable bonds is 5. The van der Waals surface area contributed by atoms with Gasteiger partial charge in [-0.1, -0.05) is 24.3 Å². The molecule has 7 heteroatoms. The van der Waals surface area contributed by atoms with E-state index in [1.165, 1.54) is 0 Å². The average Bonchev–Trinajstić information content (AvgIpc) is 3.24. The fourth-order valence-corrected chi connectivity index (χ4v) is 4.33. The Hall–Kier alpha value is -3.58. The van der Waals surface area contributed by atoms with Crippen LogP contribution in [0.4, 0.5) is 17.2 Å². The number of anilines is 3. The van der Waals surface area contributed by atoms with E-state index in [1.54, 1.807) is 10.7 Å². The van der Waals surface area contributed by atoms with Gasteiger partial charge < -0.3 is 21.5 Å². The molecule has 5 rings (SSSR count). The van der Waals surface area contributed by atoms with Crippen LogP contribution in [0.2, 0.25) is 0 Å². The van der Waals surface area contributed by atoms with E-state index < -0.39 is 0 Å². The summed E-state index contributed by atoms with van der Waals surface area (Å²) < 4.78 is 7.72. The topological polar surface area (TPSA) is 103 Å². The van der Waals surface area contributed by atoms with Crippen molar-refractivity contribution in [3.8, 4) is 11.5 Å². The zero-order chi connectivity index (χ0) is 21.2. The second kappa shape index (κ2) is 8.28. The molecule has 7 nitrogen and oxygen atoms in total. The molecular formula is C24H26N6O. The Bertz CT molecular complexity index is 1180. The lowest BCUT2D eigenvalue weighted by Crippen LogP contribution is -2.26. The third-order valence-corrected chi connectivity index (χ3v) is 5.87. The smallest absolute Gasteiger partial charge is 0.177 e. The zero-order valence-corrected chi connectivity index (χ0v) is 17.2. The second-order valence-corrected chi connectivity index (χ2v) is 8.05. The van der Waals surface area contributed by atoms with E-state index in [4.69, 9.17) is 16.2 Å². The van der Waals surface area contributed by atoms with Gasteiger partial charge in [0, 0.05) is 35.8 Å². The third-order valence-electron chi connectivity index (χ3n) is 5.87. The summed E-state index contributed by atoms with van der Waals surface area (Å²) >= 11 is 0. The Morgan fingerprint density at radius 1 is 0.968 bits per heavy atom. The van der Waals surface area contributed by atoms with Gasteiger partial charge in [-0.05, 0) is 55.9 Å². The van der Waals surface area contributed by atoms with Gasteiger partial charge in [0.15, 0.2) is 5.65 Å². The van der Waals surface area contributed by atoms with Crippen LogP contribution in [0.15, 0.2) is 67.0 Å². The molecule has 0 saturated heterocycles. The summed E-state index contributed by atoms with van der Waals surface area (Å²) in [5, 5.41) is 8.10. The first-order valence-electron chi connectivity index (χ1n) is 10.7. The molecule has 0 unspecified atom stereocenters. The molecule has 2 heterocycles. The first-order chi connectivity index (χ1) is 15.2. The molecule has 1 aliphatic rings. The maximum absolute atomic E-state index is 6.44. The molecule has 1 fully saturated rings. The van der Waals surface area contributed by atoms with Crippen LogP contribution in [0.3, 0.4) is 0 Å². The van der Waals surface area contributed by atoms with Crippen LogP contribution >= 0.6 is 0 Å². The van der Waals surface area contributed by atoms with Gasteiger partial charge in [-0.15, -0.1) is 5.10 Å². The summed E-state index contributed by atoms with van der Waals surface area (Å²) in [6, 6.07) is 17.9. The summed E-state index contributed by atoms with van der Waals surface area (Å²) in [6.45, 7) is 0. The number of nitrogen functional groups attached to an aromatic ring is 1. The molecule has 5 N–H and O–H groups in total. The fraction of sp³-hybridized carbons (Fsp3) is 0.250. The van der Waals surface area contributed by atoms with Gasteiger partial charge in [0.2, 0.25) is 0 Å². The van der Waals surface area contributed by atoms with Crippen molar-refractivity contribution in [1.82, 2.24) is 14.6 Å². The van der Waals surface area contributed by atoms with E-state index in [9.17, 15) is 0 Å². The van der Waals surface area contributed by atoms with Crippen LogP contribution in [0.1, 0.15) is 37.2 Å². The maximum Gasteiger partial charge on any atom is 0.177 e. The maximum atomic E-state index is 6.44. The van der Waals surface area contributed by atoms with Crippen molar-refractivity contribution in [3.05, 3.63) is 72.6 Å². The molecule has 1 saturated carbocycles. The van der Waals surface area contributed by atoms with Crippen molar-refractivity contribution in [1.29, 1.82) is 0 Å². The van der Waals surface area contributed by atoms with Crippen molar-refractivity contribution >= 4 is 22.8 Å². The highest BCUT2D eigenvalue weighted by Gasteiger charge is 2.27. The van der Waals surface area contributed by atoms with Crippen LogP contribution in [0.5, 0.6) is 11.5 Å². The molecule has 0 radical (unpaired) electrons. The first-order valence-corrected chi connectivity index (χ1v) is 10.7. The number of fused-ring (bicyclic) bond motifs is 1. The molecule has 31 heavy (non-hydrogen) atoms. The summed E-state index contributed by atoms with van der Waals surface area (Å²) in [5.74, 6) is 2.39. The molecule has 1 aliphatic carbocycles. The SMILES string of the molecule is Nc1nn2ccnc2c(Nc2cccc(Oc3ccccc3)c2)c1[C@H]1CC[C@H](N)CC1. The van der Waals surface area contributed by atoms with E-state index >= 15 is 0 Å². The van der Waals surface area contributed by atoms with Crippen molar-refractivity contribution < 1.29 is 4.74 Å². The molecular weight excluding hydrogens is 388 g/mol. The number of ether oxygens (including phenoxy) is 1. The molecule has 4 aromatic rings. The number of aromatic nitrogens is 3. The minimum absolute atomic E-state index is 0.267. The standard InChI is InChI=1S/C24H26N6O/c25-17-11-9-16(10-12-17)21-22(24-27-13-14-30(24)29-23(21)26)28-18-5-4-8-20(15-18)31-19-6-2-1-3-7-19/h1-8,13-17,28H,9-12,25H2,(H2,26,29)/t16-,17-. The molecule has 0 atom stereocenters. The van der Waals surface area contributed by atoms with Gasteiger partial charge in [-0.2, -0.15) is 0 Å². The molecule has 0 spiro atoms. The monoisotopic (exact) mass is 414 g/mol. The van der Waals surface area contributed by atoms with E-state index in [1.807, 2.05) is 60.8 Å². The number of para-hydroxylation sites is 1. The Morgan fingerprint density at radius 2 is 1.74 bits per heavy atom. The quantitative estimate of drug-likeness (QED) is 0.432. The highest BCUT2D eigenvalue weighted by atomic mass is 16.5. The summed E-state index contributed by atoms with van der Waals surface area (Å²) in [7, 11) is 0. The minimum Gasteiger partial charge on any atom is -0.457 e. The molecule has 158 valence electrons. The number of nitrogens with two attached hydrogens (primary N) is 2. The summed E-state index contributed by atoms with van der Waals surface area (Å²) in [4.78, 5) is 4.54. The van der Waals surface area contributed by atoms with E-state index in [0.717, 1.165) is 59.8 Å². The van der Waals surface area contributed by atoms with Gasteiger partial charge in [-0.25, -0.2) is 9.50 Å². The van der Waals surface area contributed by atoms with Crippen molar-refractivity contribution in [2.24, 2.45) is 5.73 Å². The van der Waals surface area contributed by atoms with Gasteiger partial charge in [-0.3, -0.25) is 0 Å². The van der Waals surface area contributed by atoms with E-state index in [-0.39, 0.29) is 6.04 Å². The molecule has 2 aromatic carbocycles. The van der Waals surface area contributed by atoms with Crippen LogP contribution in [-0.2, 0) is 0 Å². The van der Waals surface area contributed by atoms with Crippen LogP contribution in [0.25, 0.3) is 5.65 Å². The Balaban J connectivity index is 1.50. The Morgan fingerprint density at radius 3 is 2.55 bits per heavy atom. The Kier molecular flexibility index (Phi) is 5.18. The minimum atomic E-state index is 0.267.